The topological polar surface area (TPSA) is 21.6 Å². The van der Waals surface area contributed by atoms with E-state index in [4.69, 9.17) is 4.74 Å². The van der Waals surface area contributed by atoms with Crippen molar-refractivity contribution >= 4 is 41.0 Å². The number of ether oxygens (including phenoxy) is 1. The maximum atomic E-state index is 5.07. The number of halogens is 1. The van der Waals surface area contributed by atoms with Crippen LogP contribution in [0.5, 0.6) is 5.75 Å². The van der Waals surface area contributed by atoms with Crippen molar-refractivity contribution < 1.29 is 4.74 Å². The van der Waals surface area contributed by atoms with Crippen molar-refractivity contribution in [3.63, 3.8) is 0 Å². The Morgan fingerprint density at radius 2 is 2.00 bits per heavy atom. The molecule has 0 spiro atoms. The molecule has 1 unspecified atom stereocenters. The lowest BCUT2D eigenvalue weighted by Crippen LogP contribution is -1.87. The molecule has 0 fully saturated rings. The zero-order valence-corrected chi connectivity index (χ0v) is 11.1. The Hall–Kier alpha value is 0.250. The van der Waals surface area contributed by atoms with E-state index >= 15 is 0 Å². The molecule has 0 aliphatic heterocycles. The Morgan fingerprint density at radius 1 is 1.38 bits per heavy atom. The Morgan fingerprint density at radius 3 is 2.46 bits per heavy atom. The van der Waals surface area contributed by atoms with Gasteiger partial charge in [-0.15, -0.1) is 0 Å². The summed E-state index contributed by atoms with van der Waals surface area (Å²) in [7, 11) is 3.14. The van der Waals surface area contributed by atoms with E-state index in [1.54, 1.807) is 7.11 Å². The van der Waals surface area contributed by atoms with Gasteiger partial charge in [-0.25, -0.2) is 0 Å². The van der Waals surface area contributed by atoms with Gasteiger partial charge in [0.1, 0.15) is 5.75 Å². The largest absolute Gasteiger partial charge is 0.497 e. The van der Waals surface area contributed by atoms with Gasteiger partial charge >= 0.3 is 0 Å². The molecule has 0 radical (unpaired) electrons. The highest BCUT2D eigenvalue weighted by Gasteiger charge is 1.95. The summed E-state index contributed by atoms with van der Waals surface area (Å²) in [4.78, 5) is 1.24. The highest BCUT2D eigenvalue weighted by molar-refractivity contribution is 14.2. The van der Waals surface area contributed by atoms with Crippen molar-refractivity contribution in [2.75, 3.05) is 13.4 Å². The van der Waals surface area contributed by atoms with E-state index in [9.17, 15) is 0 Å². The fraction of sp³-hybridized carbons (Fsp3) is 0.250. The van der Waals surface area contributed by atoms with Crippen LogP contribution in [0.4, 0.5) is 0 Å². The number of rotatable bonds is 3. The van der Waals surface area contributed by atoms with E-state index in [1.807, 2.05) is 12.1 Å². The van der Waals surface area contributed by atoms with Crippen molar-refractivity contribution in [1.29, 1.82) is 0 Å². The molecule has 1 rings (SSSR count). The first-order valence-electron chi connectivity index (χ1n) is 3.57. The average molecular weight is 327 g/mol. The fourth-order valence-electron chi connectivity index (χ4n) is 0.858. The van der Waals surface area contributed by atoms with Crippen LogP contribution in [0.1, 0.15) is 0 Å². The van der Waals surface area contributed by atoms with E-state index in [2.05, 4.69) is 43.4 Å². The molecular weight excluding hydrogens is 317 g/mol. The van der Waals surface area contributed by atoms with Gasteiger partial charge in [-0.3, -0.25) is 0 Å². The van der Waals surface area contributed by atoms with Gasteiger partial charge in [-0.2, -0.15) is 3.77 Å². The molecule has 0 aliphatic rings. The zero-order chi connectivity index (χ0) is 9.68. The van der Waals surface area contributed by atoms with E-state index in [1.165, 1.54) is 14.0 Å². The van der Waals surface area contributed by atoms with E-state index < -0.39 is 0 Å². The van der Waals surface area contributed by atoms with Crippen LogP contribution in [0.3, 0.4) is 0 Å². The van der Waals surface area contributed by atoms with Crippen LogP contribution in [0.15, 0.2) is 32.9 Å². The normalized spacial score (nSPS) is 12.8. The lowest BCUT2D eigenvalue weighted by molar-refractivity contribution is 0.414. The second-order valence-electron chi connectivity index (χ2n) is 2.30. The van der Waals surface area contributed by atoms with Gasteiger partial charge in [-0.05, 0) is 30.5 Å². The summed E-state index contributed by atoms with van der Waals surface area (Å²) in [6, 6.07) is 8.04. The molecule has 0 saturated carbocycles. The van der Waals surface area contributed by atoms with Crippen LogP contribution in [0.2, 0.25) is 0 Å². The molecule has 1 aromatic rings. The van der Waals surface area contributed by atoms with Crippen LogP contribution in [-0.2, 0) is 10.7 Å². The molecule has 0 aliphatic carbocycles. The van der Waals surface area contributed by atoms with Gasteiger partial charge in [0.15, 0.2) is 0 Å². The van der Waals surface area contributed by atoms with Gasteiger partial charge in [0.25, 0.3) is 0 Å². The lowest BCUT2D eigenvalue weighted by Gasteiger charge is -2.02. The smallest absolute Gasteiger partial charge is 0.118 e. The van der Waals surface area contributed by atoms with Crippen LogP contribution < -0.4 is 4.74 Å². The Balaban J connectivity index is 2.85. The number of nitrogens with zero attached hydrogens (tertiary/aromatic N) is 1. The van der Waals surface area contributed by atoms with Crippen molar-refractivity contribution in [1.82, 2.24) is 0 Å². The summed E-state index contributed by atoms with van der Waals surface area (Å²) in [6.07, 6.45) is 2.10. The molecule has 1 aromatic carbocycles. The molecule has 0 aromatic heterocycles. The second kappa shape index (κ2) is 5.87. The Kier molecular flexibility index (Phi) is 5.12. The van der Waals surface area contributed by atoms with Gasteiger partial charge in [0.05, 0.1) is 16.2 Å². The van der Waals surface area contributed by atoms with Gasteiger partial charge in [0.2, 0.25) is 0 Å². The van der Waals surface area contributed by atoms with Gasteiger partial charge in [0, 0.05) is 26.1 Å². The highest BCUT2D eigenvalue weighted by atomic mass is 127. The molecule has 0 N–H and O–H groups in total. The molecule has 1 atom stereocenters. The molecule has 13 heavy (non-hydrogen) atoms. The van der Waals surface area contributed by atoms with Crippen molar-refractivity contribution in [2.24, 2.45) is 3.77 Å². The third-order valence-corrected chi connectivity index (χ3v) is 5.06. The third kappa shape index (κ3) is 3.47. The average Bonchev–Trinajstić information content (AvgIpc) is 2.18. The molecule has 0 bridgehead atoms. The molecule has 0 amide bonds. The first-order valence-corrected chi connectivity index (χ1v) is 8.47. The monoisotopic (exact) mass is 327 g/mol. The van der Waals surface area contributed by atoms with Crippen LogP contribution in [-0.4, -0.2) is 13.4 Å². The Bertz CT molecular complexity index is 300. The molecule has 2 nitrogen and oxygen atoms in total. The van der Waals surface area contributed by atoms with Crippen molar-refractivity contribution in [3.8, 4) is 5.75 Å². The minimum atomic E-state index is -0.0188. The number of methoxy groups -OCH3 is 1. The summed E-state index contributed by atoms with van der Waals surface area (Å²) in [6.45, 7) is 0. The lowest BCUT2D eigenvalue weighted by atomic mass is 10.3. The van der Waals surface area contributed by atoms with E-state index in [-0.39, 0.29) is 10.7 Å². The molecule has 5 heteroatoms. The maximum absolute atomic E-state index is 5.07. The first kappa shape index (κ1) is 11.3. The summed E-state index contributed by atoms with van der Waals surface area (Å²) in [5, 5.41) is 0. The minimum absolute atomic E-state index is 0.0188. The van der Waals surface area contributed by atoms with E-state index in [0.717, 1.165) is 5.75 Å². The Labute approximate surface area is 97.3 Å². The maximum Gasteiger partial charge on any atom is 0.118 e. The highest BCUT2D eigenvalue weighted by Crippen LogP contribution is 2.19. The van der Waals surface area contributed by atoms with Crippen LogP contribution in [0, 0.1) is 0 Å². The standard InChI is InChI=1S/C8H10INOS2/c1-11-7-3-5-8(6-4-7)13(2)10-12-9/h3-6H,1-2H3. The summed E-state index contributed by atoms with van der Waals surface area (Å²) < 4.78 is 9.42. The van der Waals surface area contributed by atoms with Crippen LogP contribution >= 0.6 is 30.3 Å². The van der Waals surface area contributed by atoms with Gasteiger partial charge < -0.3 is 4.74 Å². The first-order chi connectivity index (χ1) is 6.27. The quantitative estimate of drug-likeness (QED) is 0.626. The molecule has 72 valence electrons. The minimum Gasteiger partial charge on any atom is -0.497 e. The predicted molar refractivity (Wildman–Crippen MR) is 68.6 cm³/mol. The second-order valence-corrected chi connectivity index (χ2v) is 5.64. The third-order valence-electron chi connectivity index (χ3n) is 1.54. The summed E-state index contributed by atoms with van der Waals surface area (Å²) in [5.41, 5.74) is 0. The van der Waals surface area contributed by atoms with E-state index in [0.29, 0.717) is 0 Å². The molecule has 0 saturated heterocycles. The SMILES string of the molecule is COc1ccc(S(C)=NSI)cc1. The molecular formula is C8H10INOS2. The van der Waals surface area contributed by atoms with Crippen LogP contribution in [0.25, 0.3) is 0 Å². The predicted octanol–water partition coefficient (Wildman–Crippen LogP) is 3.48. The van der Waals surface area contributed by atoms with Crippen molar-refractivity contribution in [2.45, 2.75) is 4.90 Å². The molecule has 0 heterocycles. The number of hydrogen-bond donors (Lipinski definition) is 0. The summed E-state index contributed by atoms with van der Waals surface area (Å²) in [5.74, 6) is 0.892. The van der Waals surface area contributed by atoms with Gasteiger partial charge in [-0.1, -0.05) is 10.7 Å². The van der Waals surface area contributed by atoms with Crippen molar-refractivity contribution in [3.05, 3.63) is 24.3 Å². The fourth-order valence-corrected chi connectivity index (χ4v) is 4.24. The number of benzene rings is 1. The zero-order valence-electron chi connectivity index (χ0n) is 7.36. The number of hydrogen-bond acceptors (Lipinski definition) is 3. The summed E-state index contributed by atoms with van der Waals surface area (Å²) >= 11 is 2.18.